The third-order valence-corrected chi connectivity index (χ3v) is 5.47. The van der Waals surface area contributed by atoms with Gasteiger partial charge in [-0.15, -0.1) is 0 Å². The van der Waals surface area contributed by atoms with Crippen LogP contribution in [0.4, 0.5) is 0 Å². The van der Waals surface area contributed by atoms with Crippen molar-refractivity contribution in [1.29, 1.82) is 0 Å². The summed E-state index contributed by atoms with van der Waals surface area (Å²) in [5.41, 5.74) is 2.07. The first kappa shape index (κ1) is 24.9. The van der Waals surface area contributed by atoms with Gasteiger partial charge in [-0.1, -0.05) is 106 Å². The van der Waals surface area contributed by atoms with Gasteiger partial charge in [0.2, 0.25) is 0 Å². The van der Waals surface area contributed by atoms with Crippen LogP contribution in [0.15, 0.2) is 12.1 Å². The van der Waals surface area contributed by atoms with Crippen LogP contribution < -0.4 is 4.74 Å². The normalized spacial score (nSPS) is 12.4. The molecule has 0 aliphatic rings. The molecule has 0 saturated carbocycles. The Hall–Kier alpha value is -1.18. The Morgan fingerprint density at radius 1 is 0.679 bits per heavy atom. The molecule has 0 heterocycles. The van der Waals surface area contributed by atoms with Crippen LogP contribution in [0.3, 0.4) is 0 Å². The molecule has 0 unspecified atom stereocenters. The lowest BCUT2D eigenvalue weighted by atomic mass is 9.79. The molecular formula is C26H46O2. The molecule has 162 valence electrons. The summed E-state index contributed by atoms with van der Waals surface area (Å²) >= 11 is 0. The van der Waals surface area contributed by atoms with E-state index in [1.807, 2.05) is 6.07 Å². The summed E-state index contributed by atoms with van der Waals surface area (Å²) in [7, 11) is 0. The van der Waals surface area contributed by atoms with Gasteiger partial charge >= 0.3 is 0 Å². The summed E-state index contributed by atoms with van der Waals surface area (Å²) in [5.74, 6) is 1.19. The van der Waals surface area contributed by atoms with Gasteiger partial charge < -0.3 is 9.84 Å². The molecular weight excluding hydrogens is 344 g/mol. The Bertz CT molecular complexity index is 561. The van der Waals surface area contributed by atoms with Crippen molar-refractivity contribution in [3.8, 4) is 11.5 Å². The van der Waals surface area contributed by atoms with Gasteiger partial charge in [0.25, 0.3) is 0 Å². The van der Waals surface area contributed by atoms with E-state index in [9.17, 15) is 5.11 Å². The lowest BCUT2D eigenvalue weighted by Gasteiger charge is -2.28. The largest absolute Gasteiger partial charge is 0.508 e. The Balaban J connectivity index is 2.46. The third kappa shape index (κ3) is 8.88. The maximum absolute atomic E-state index is 10.5. The first-order chi connectivity index (χ1) is 13.1. The molecule has 28 heavy (non-hydrogen) atoms. The van der Waals surface area contributed by atoms with Crippen LogP contribution in [0.25, 0.3) is 0 Å². The molecule has 0 atom stereocenters. The highest BCUT2D eigenvalue weighted by Crippen LogP contribution is 2.40. The summed E-state index contributed by atoms with van der Waals surface area (Å²) in [6.45, 7) is 16.0. The first-order valence-corrected chi connectivity index (χ1v) is 11.6. The number of phenolic OH excluding ortho intramolecular Hbond substituents is 1. The molecule has 0 aliphatic heterocycles. The number of aromatic hydroxyl groups is 1. The number of phenols is 1. The van der Waals surface area contributed by atoms with Gasteiger partial charge in [0.15, 0.2) is 0 Å². The van der Waals surface area contributed by atoms with Crippen molar-refractivity contribution < 1.29 is 9.84 Å². The van der Waals surface area contributed by atoms with Crippen molar-refractivity contribution in [2.75, 3.05) is 6.61 Å². The van der Waals surface area contributed by atoms with Crippen LogP contribution in [-0.2, 0) is 10.8 Å². The fraction of sp³-hybridized carbons (Fsp3) is 0.769. The summed E-state index contributed by atoms with van der Waals surface area (Å²) in [6.07, 6.45) is 13.3. The van der Waals surface area contributed by atoms with E-state index in [4.69, 9.17) is 4.74 Å². The molecule has 0 spiro atoms. The predicted molar refractivity (Wildman–Crippen MR) is 123 cm³/mol. The Morgan fingerprint density at radius 2 is 1.14 bits per heavy atom. The monoisotopic (exact) mass is 390 g/mol. The summed E-state index contributed by atoms with van der Waals surface area (Å²) in [6, 6.07) is 3.97. The lowest BCUT2D eigenvalue weighted by Crippen LogP contribution is -2.18. The van der Waals surface area contributed by atoms with Gasteiger partial charge in [0.05, 0.1) is 6.61 Å². The van der Waals surface area contributed by atoms with E-state index in [1.165, 1.54) is 63.4 Å². The van der Waals surface area contributed by atoms with Crippen molar-refractivity contribution in [3.63, 3.8) is 0 Å². The third-order valence-electron chi connectivity index (χ3n) is 5.47. The second-order valence-electron chi connectivity index (χ2n) is 10.4. The number of rotatable bonds is 12. The standard InChI is InChI=1S/C26H46O2/c1-8-9-10-11-12-13-14-15-16-17-18-28-24-20-23(27)21(25(2,3)4)19-22(24)26(5,6)7/h19-20,27H,8-18H2,1-7H3. The topological polar surface area (TPSA) is 29.5 Å². The molecule has 1 N–H and O–H groups in total. The fourth-order valence-corrected chi connectivity index (χ4v) is 3.65. The highest BCUT2D eigenvalue weighted by atomic mass is 16.5. The number of hydrogen-bond acceptors (Lipinski definition) is 2. The minimum atomic E-state index is -0.0842. The quantitative estimate of drug-likeness (QED) is 0.364. The van der Waals surface area contributed by atoms with E-state index in [0.29, 0.717) is 5.75 Å². The Morgan fingerprint density at radius 3 is 1.61 bits per heavy atom. The molecule has 0 fully saturated rings. The van der Waals surface area contributed by atoms with E-state index < -0.39 is 0 Å². The van der Waals surface area contributed by atoms with Crippen LogP contribution in [0.1, 0.15) is 124 Å². The van der Waals surface area contributed by atoms with E-state index in [0.717, 1.165) is 24.3 Å². The SMILES string of the molecule is CCCCCCCCCCCCOc1cc(O)c(C(C)(C)C)cc1C(C)(C)C. The average molecular weight is 391 g/mol. The minimum absolute atomic E-state index is 0.0131. The molecule has 0 amide bonds. The van der Waals surface area contributed by atoms with Crippen LogP contribution in [0.2, 0.25) is 0 Å². The van der Waals surface area contributed by atoms with Crippen LogP contribution >= 0.6 is 0 Å². The van der Waals surface area contributed by atoms with E-state index in [2.05, 4.69) is 54.5 Å². The maximum Gasteiger partial charge on any atom is 0.126 e. The van der Waals surface area contributed by atoms with Crippen molar-refractivity contribution >= 4 is 0 Å². The van der Waals surface area contributed by atoms with E-state index >= 15 is 0 Å². The number of ether oxygens (including phenoxy) is 1. The summed E-state index contributed by atoms with van der Waals surface area (Å²) in [4.78, 5) is 0. The predicted octanol–water partition coefficient (Wildman–Crippen LogP) is 8.29. The molecule has 0 aliphatic carbocycles. The lowest BCUT2D eigenvalue weighted by molar-refractivity contribution is 0.294. The van der Waals surface area contributed by atoms with Gasteiger partial charge in [-0.3, -0.25) is 0 Å². The number of benzene rings is 1. The molecule has 0 saturated heterocycles. The Labute approximate surface area is 175 Å². The van der Waals surface area contributed by atoms with Gasteiger partial charge in [-0.2, -0.15) is 0 Å². The van der Waals surface area contributed by atoms with E-state index in [-0.39, 0.29) is 10.8 Å². The molecule has 0 radical (unpaired) electrons. The highest BCUT2D eigenvalue weighted by Gasteiger charge is 2.26. The summed E-state index contributed by atoms with van der Waals surface area (Å²) < 4.78 is 6.12. The van der Waals surface area contributed by atoms with Gasteiger partial charge in [-0.25, -0.2) is 0 Å². The zero-order valence-electron chi connectivity index (χ0n) is 19.8. The second-order valence-corrected chi connectivity index (χ2v) is 10.4. The zero-order chi connectivity index (χ0) is 21.2. The highest BCUT2D eigenvalue weighted by molar-refractivity contribution is 5.51. The molecule has 2 heteroatoms. The molecule has 1 rings (SSSR count). The van der Waals surface area contributed by atoms with Crippen molar-refractivity contribution in [2.45, 2.75) is 124 Å². The van der Waals surface area contributed by atoms with Crippen LogP contribution in [-0.4, -0.2) is 11.7 Å². The first-order valence-electron chi connectivity index (χ1n) is 11.6. The van der Waals surface area contributed by atoms with Gasteiger partial charge in [0.1, 0.15) is 11.5 Å². The second kappa shape index (κ2) is 11.7. The zero-order valence-corrected chi connectivity index (χ0v) is 19.8. The fourth-order valence-electron chi connectivity index (χ4n) is 3.65. The summed E-state index contributed by atoms with van der Waals surface area (Å²) in [5, 5.41) is 10.5. The van der Waals surface area contributed by atoms with E-state index in [1.54, 1.807) is 0 Å². The van der Waals surface area contributed by atoms with Gasteiger partial charge in [-0.05, 0) is 28.9 Å². The molecule has 1 aromatic carbocycles. The average Bonchev–Trinajstić information content (AvgIpc) is 2.57. The Kier molecular flexibility index (Phi) is 10.4. The smallest absolute Gasteiger partial charge is 0.126 e. The molecule has 1 aromatic rings. The van der Waals surface area contributed by atoms with Crippen LogP contribution in [0.5, 0.6) is 11.5 Å². The van der Waals surface area contributed by atoms with Crippen molar-refractivity contribution in [1.82, 2.24) is 0 Å². The molecule has 2 nitrogen and oxygen atoms in total. The molecule has 0 bridgehead atoms. The van der Waals surface area contributed by atoms with Gasteiger partial charge in [0, 0.05) is 11.6 Å². The minimum Gasteiger partial charge on any atom is -0.508 e. The molecule has 0 aromatic heterocycles. The number of unbranched alkanes of at least 4 members (excludes halogenated alkanes) is 9. The van der Waals surface area contributed by atoms with Crippen molar-refractivity contribution in [3.05, 3.63) is 23.3 Å². The van der Waals surface area contributed by atoms with Crippen LogP contribution in [0, 0.1) is 0 Å². The number of hydrogen-bond donors (Lipinski definition) is 1. The van der Waals surface area contributed by atoms with Crippen molar-refractivity contribution in [2.24, 2.45) is 0 Å². The maximum atomic E-state index is 10.5.